The van der Waals surface area contributed by atoms with Crippen LogP contribution in [0.1, 0.15) is 31.8 Å². The molecule has 1 aromatic heterocycles. The summed E-state index contributed by atoms with van der Waals surface area (Å²) in [4.78, 5) is 39.7. The number of rotatable bonds is 3. The molecule has 0 fully saturated rings. The Morgan fingerprint density at radius 3 is 2.42 bits per heavy atom. The van der Waals surface area contributed by atoms with Crippen molar-refractivity contribution in [3.8, 4) is 0 Å². The molecular weight excluding hydrogens is 330 g/mol. The minimum absolute atomic E-state index is 0.00536. The predicted octanol–water partition coefficient (Wildman–Crippen LogP) is 2.76. The van der Waals surface area contributed by atoms with Gasteiger partial charge in [0.2, 0.25) is 0 Å². The van der Waals surface area contributed by atoms with Gasteiger partial charge in [-0.15, -0.1) is 0 Å². The van der Waals surface area contributed by atoms with Crippen LogP contribution in [0.25, 0.3) is 10.9 Å². The number of carbonyl (C=O) groups excluding carboxylic acids is 2. The summed E-state index contributed by atoms with van der Waals surface area (Å²) in [6.45, 7) is 3.86. The average molecular weight is 349 g/mol. The molecule has 3 aromatic rings. The fourth-order valence-electron chi connectivity index (χ4n) is 2.97. The molecule has 3 N–H and O–H groups in total. The second kappa shape index (κ2) is 6.84. The molecule has 1 heterocycles. The largest absolute Gasteiger partial charge is 0.355 e. The molecule has 0 atom stereocenters. The van der Waals surface area contributed by atoms with Crippen LogP contribution in [0.15, 0.2) is 47.3 Å². The first kappa shape index (κ1) is 17.4. The molecule has 0 bridgehead atoms. The van der Waals surface area contributed by atoms with Gasteiger partial charge in [-0.1, -0.05) is 23.8 Å². The van der Waals surface area contributed by atoms with Crippen LogP contribution >= 0.6 is 0 Å². The Balaban J connectivity index is 2.03. The third-order valence-electron chi connectivity index (χ3n) is 4.18. The number of fused-ring (bicyclic) bond motifs is 1. The number of aromatic nitrogens is 1. The fraction of sp³-hybridized carbons (Fsp3) is 0.150. The van der Waals surface area contributed by atoms with Crippen molar-refractivity contribution in [1.82, 2.24) is 10.3 Å². The number of para-hydroxylation sites is 1. The van der Waals surface area contributed by atoms with E-state index in [0.29, 0.717) is 16.8 Å². The molecule has 0 aliphatic rings. The topological polar surface area (TPSA) is 91.1 Å². The molecule has 0 aliphatic carbocycles. The van der Waals surface area contributed by atoms with Gasteiger partial charge in [-0.25, -0.2) is 0 Å². The molecule has 6 heteroatoms. The van der Waals surface area contributed by atoms with Gasteiger partial charge in [-0.05, 0) is 49.1 Å². The summed E-state index contributed by atoms with van der Waals surface area (Å²) in [5, 5.41) is 5.97. The number of hydrogen-bond acceptors (Lipinski definition) is 3. The van der Waals surface area contributed by atoms with E-state index in [4.69, 9.17) is 0 Å². The van der Waals surface area contributed by atoms with Crippen LogP contribution in [-0.4, -0.2) is 23.8 Å². The van der Waals surface area contributed by atoms with Crippen molar-refractivity contribution in [3.05, 3.63) is 75.1 Å². The Bertz CT molecular complexity index is 1080. The summed E-state index contributed by atoms with van der Waals surface area (Å²) < 4.78 is 0. The molecular formula is C20H19N3O3. The van der Waals surface area contributed by atoms with Crippen LogP contribution in [0.5, 0.6) is 0 Å². The van der Waals surface area contributed by atoms with Gasteiger partial charge in [0, 0.05) is 7.05 Å². The van der Waals surface area contributed by atoms with E-state index in [1.165, 1.54) is 7.05 Å². The number of anilines is 1. The maximum Gasteiger partial charge on any atom is 0.261 e. The molecule has 0 spiro atoms. The minimum Gasteiger partial charge on any atom is -0.355 e. The molecule has 132 valence electrons. The Labute approximate surface area is 150 Å². The van der Waals surface area contributed by atoms with E-state index in [1.807, 2.05) is 26.0 Å². The highest BCUT2D eigenvalue weighted by Crippen LogP contribution is 2.19. The number of benzene rings is 2. The maximum absolute atomic E-state index is 12.6. The van der Waals surface area contributed by atoms with E-state index >= 15 is 0 Å². The van der Waals surface area contributed by atoms with E-state index in [0.717, 1.165) is 16.5 Å². The molecule has 26 heavy (non-hydrogen) atoms. The molecule has 0 aliphatic heterocycles. The number of nitrogens with one attached hydrogen (secondary N) is 3. The third kappa shape index (κ3) is 3.21. The van der Waals surface area contributed by atoms with Crippen LogP contribution < -0.4 is 16.2 Å². The molecule has 2 amide bonds. The first-order chi connectivity index (χ1) is 12.4. The quantitative estimate of drug-likeness (QED) is 0.679. The van der Waals surface area contributed by atoms with Crippen molar-refractivity contribution in [1.29, 1.82) is 0 Å². The molecule has 0 radical (unpaired) electrons. The molecule has 6 nitrogen and oxygen atoms in total. The van der Waals surface area contributed by atoms with Gasteiger partial charge < -0.3 is 15.6 Å². The lowest BCUT2D eigenvalue weighted by Gasteiger charge is -2.11. The summed E-state index contributed by atoms with van der Waals surface area (Å²) in [7, 11) is 1.51. The van der Waals surface area contributed by atoms with Gasteiger partial charge in [-0.3, -0.25) is 14.4 Å². The second-order valence-electron chi connectivity index (χ2n) is 6.14. The number of hydrogen-bond donors (Lipinski definition) is 3. The lowest BCUT2D eigenvalue weighted by atomic mass is 10.0. The van der Waals surface area contributed by atoms with Crippen molar-refractivity contribution in [2.75, 3.05) is 12.4 Å². The second-order valence-corrected chi connectivity index (χ2v) is 6.14. The molecule has 3 rings (SSSR count). The lowest BCUT2D eigenvalue weighted by molar-refractivity contribution is 0.0964. The Kier molecular flexibility index (Phi) is 4.58. The zero-order valence-electron chi connectivity index (χ0n) is 14.8. The summed E-state index contributed by atoms with van der Waals surface area (Å²) in [6, 6.07) is 12.1. The predicted molar refractivity (Wildman–Crippen MR) is 102 cm³/mol. The summed E-state index contributed by atoms with van der Waals surface area (Å²) in [6.07, 6.45) is 0. The maximum atomic E-state index is 12.6. The van der Waals surface area contributed by atoms with E-state index in [9.17, 15) is 14.4 Å². The number of H-pyrrole nitrogens is 1. The lowest BCUT2D eigenvalue weighted by Crippen LogP contribution is -2.25. The van der Waals surface area contributed by atoms with E-state index in [-0.39, 0.29) is 11.5 Å². The highest BCUT2D eigenvalue weighted by molar-refractivity contribution is 6.09. The monoisotopic (exact) mass is 349 g/mol. The third-order valence-corrected chi connectivity index (χ3v) is 4.18. The van der Waals surface area contributed by atoms with Crippen LogP contribution in [0.4, 0.5) is 5.69 Å². The first-order valence-corrected chi connectivity index (χ1v) is 8.17. The minimum atomic E-state index is -0.566. The van der Waals surface area contributed by atoms with Gasteiger partial charge >= 0.3 is 0 Å². The number of pyridine rings is 1. The number of aromatic amines is 1. The summed E-state index contributed by atoms with van der Waals surface area (Å²) in [5.41, 5.74) is 2.88. The zero-order valence-corrected chi connectivity index (χ0v) is 14.8. The van der Waals surface area contributed by atoms with Gasteiger partial charge in [0.25, 0.3) is 17.4 Å². The Morgan fingerprint density at radius 2 is 1.69 bits per heavy atom. The van der Waals surface area contributed by atoms with Crippen LogP contribution in [-0.2, 0) is 0 Å². The smallest absolute Gasteiger partial charge is 0.261 e. The molecule has 2 aromatic carbocycles. The van der Waals surface area contributed by atoms with E-state index in [2.05, 4.69) is 15.6 Å². The van der Waals surface area contributed by atoms with Crippen molar-refractivity contribution in [2.45, 2.75) is 13.8 Å². The average Bonchev–Trinajstić information content (AvgIpc) is 2.61. The van der Waals surface area contributed by atoms with Crippen molar-refractivity contribution in [3.63, 3.8) is 0 Å². The summed E-state index contributed by atoms with van der Waals surface area (Å²) in [5.74, 6) is -0.886. The summed E-state index contributed by atoms with van der Waals surface area (Å²) >= 11 is 0. The van der Waals surface area contributed by atoms with Crippen molar-refractivity contribution >= 4 is 28.4 Å². The van der Waals surface area contributed by atoms with Crippen LogP contribution in [0.2, 0.25) is 0 Å². The van der Waals surface area contributed by atoms with E-state index in [1.54, 1.807) is 30.3 Å². The van der Waals surface area contributed by atoms with Gasteiger partial charge in [0.15, 0.2) is 0 Å². The highest BCUT2D eigenvalue weighted by atomic mass is 16.2. The number of aryl methyl sites for hydroxylation is 2. The number of amides is 2. The van der Waals surface area contributed by atoms with Crippen LogP contribution in [0.3, 0.4) is 0 Å². The van der Waals surface area contributed by atoms with E-state index < -0.39 is 11.5 Å². The Hall–Kier alpha value is -3.41. The van der Waals surface area contributed by atoms with Gasteiger partial charge in [0.05, 0.1) is 16.8 Å². The standard InChI is InChI=1S/C20H19N3O3/c1-11-8-12(2)17-13(9-11)10-15(20(26)23-17)19(25)22-16-7-5-4-6-14(16)18(24)21-3/h4-10H,1-3H3,(H,21,24)(H,22,25)(H,23,26). The Morgan fingerprint density at radius 1 is 0.962 bits per heavy atom. The SMILES string of the molecule is CNC(=O)c1ccccc1NC(=O)c1cc2cc(C)cc(C)c2[nH]c1=O. The normalized spacial score (nSPS) is 10.6. The van der Waals surface area contributed by atoms with Gasteiger partial charge in [-0.2, -0.15) is 0 Å². The molecule has 0 saturated carbocycles. The van der Waals surface area contributed by atoms with Crippen molar-refractivity contribution in [2.24, 2.45) is 0 Å². The first-order valence-electron chi connectivity index (χ1n) is 8.17. The van der Waals surface area contributed by atoms with Crippen LogP contribution in [0, 0.1) is 13.8 Å². The number of carbonyl (C=O) groups is 2. The fourth-order valence-corrected chi connectivity index (χ4v) is 2.97. The zero-order chi connectivity index (χ0) is 18.8. The highest BCUT2D eigenvalue weighted by Gasteiger charge is 2.16. The van der Waals surface area contributed by atoms with Crippen molar-refractivity contribution < 1.29 is 9.59 Å². The van der Waals surface area contributed by atoms with Gasteiger partial charge in [0.1, 0.15) is 5.56 Å². The molecule has 0 saturated heterocycles. The molecule has 0 unspecified atom stereocenters.